The lowest BCUT2D eigenvalue weighted by atomic mass is 10.0. The standard InChI is InChI=1S/C20H22F3N3O3S/c1-12-11-25(13(2)16-7-8-17(21)19(23)18(16)22)9-10-26(12)20(27)14-3-5-15(6-4-14)24-30(28)29/h3-8,12-13,24H,9-11H2,1-2H3,(H,28,29)/t12-,13?/m1/s1. The number of halogens is 3. The van der Waals surface area contributed by atoms with Gasteiger partial charge >= 0.3 is 0 Å². The fourth-order valence-electron chi connectivity index (χ4n) is 3.65. The van der Waals surface area contributed by atoms with Crippen molar-refractivity contribution in [1.29, 1.82) is 0 Å². The number of piperazine rings is 1. The number of carbonyl (C=O) groups is 1. The van der Waals surface area contributed by atoms with E-state index in [0.717, 1.165) is 6.07 Å². The molecular formula is C20H22F3N3O3S. The molecule has 1 amide bonds. The minimum Gasteiger partial charge on any atom is -0.333 e. The van der Waals surface area contributed by atoms with Gasteiger partial charge in [0.15, 0.2) is 17.5 Å². The van der Waals surface area contributed by atoms with Crippen molar-refractivity contribution < 1.29 is 26.7 Å². The fourth-order valence-corrected chi connectivity index (χ4v) is 3.98. The predicted octanol–water partition coefficient (Wildman–Crippen LogP) is 3.56. The average Bonchev–Trinajstić information content (AvgIpc) is 2.71. The Kier molecular flexibility index (Phi) is 6.79. The third-order valence-electron chi connectivity index (χ3n) is 5.32. The lowest BCUT2D eigenvalue weighted by Crippen LogP contribution is -2.54. The van der Waals surface area contributed by atoms with E-state index >= 15 is 0 Å². The lowest BCUT2D eigenvalue weighted by Gasteiger charge is -2.42. The molecular weight excluding hydrogens is 419 g/mol. The van der Waals surface area contributed by atoms with Crippen molar-refractivity contribution >= 4 is 22.9 Å². The van der Waals surface area contributed by atoms with E-state index in [4.69, 9.17) is 4.55 Å². The molecule has 1 aliphatic rings. The van der Waals surface area contributed by atoms with Gasteiger partial charge in [-0.15, -0.1) is 0 Å². The van der Waals surface area contributed by atoms with Gasteiger partial charge in [0, 0.05) is 48.5 Å². The van der Waals surface area contributed by atoms with E-state index in [2.05, 4.69) is 4.72 Å². The molecule has 0 bridgehead atoms. The molecule has 10 heteroatoms. The first-order valence-corrected chi connectivity index (χ1v) is 10.5. The fraction of sp³-hybridized carbons (Fsp3) is 0.350. The van der Waals surface area contributed by atoms with Gasteiger partial charge in [-0.2, -0.15) is 0 Å². The number of amides is 1. The smallest absolute Gasteiger partial charge is 0.259 e. The molecule has 6 nitrogen and oxygen atoms in total. The molecule has 30 heavy (non-hydrogen) atoms. The predicted molar refractivity (Wildman–Crippen MR) is 108 cm³/mol. The van der Waals surface area contributed by atoms with E-state index in [9.17, 15) is 22.2 Å². The number of nitrogens with zero attached hydrogens (tertiary/aromatic N) is 2. The Hall–Kier alpha value is -2.43. The Morgan fingerprint density at radius 3 is 2.40 bits per heavy atom. The summed E-state index contributed by atoms with van der Waals surface area (Å²) in [4.78, 5) is 16.5. The highest BCUT2D eigenvalue weighted by molar-refractivity contribution is 7.80. The van der Waals surface area contributed by atoms with Crippen LogP contribution in [-0.2, 0) is 11.3 Å². The summed E-state index contributed by atoms with van der Waals surface area (Å²) in [5.74, 6) is -4.08. The minimum absolute atomic E-state index is 0.0743. The zero-order chi connectivity index (χ0) is 22.0. The number of carbonyl (C=O) groups excluding carboxylic acids is 1. The van der Waals surface area contributed by atoms with Crippen LogP contribution in [0.4, 0.5) is 18.9 Å². The van der Waals surface area contributed by atoms with Crippen LogP contribution in [0.25, 0.3) is 0 Å². The second-order valence-electron chi connectivity index (χ2n) is 7.21. The van der Waals surface area contributed by atoms with Crippen molar-refractivity contribution in [2.45, 2.75) is 25.9 Å². The highest BCUT2D eigenvalue weighted by Crippen LogP contribution is 2.28. The van der Waals surface area contributed by atoms with Gasteiger partial charge in [0.05, 0.1) is 0 Å². The third kappa shape index (κ3) is 4.66. The summed E-state index contributed by atoms with van der Waals surface area (Å²) in [6, 6.07) is 7.70. The summed E-state index contributed by atoms with van der Waals surface area (Å²) < 4.78 is 62.9. The third-order valence-corrected chi connectivity index (χ3v) is 5.73. The second kappa shape index (κ2) is 9.15. The molecule has 0 aromatic heterocycles. The summed E-state index contributed by atoms with van der Waals surface area (Å²) >= 11 is -2.19. The molecule has 162 valence electrons. The molecule has 0 spiro atoms. The molecule has 0 radical (unpaired) electrons. The van der Waals surface area contributed by atoms with E-state index < -0.39 is 34.8 Å². The summed E-state index contributed by atoms with van der Waals surface area (Å²) in [6.45, 7) is 4.85. The van der Waals surface area contributed by atoms with Gasteiger partial charge in [0.1, 0.15) is 0 Å². The molecule has 0 aliphatic carbocycles. The largest absolute Gasteiger partial charge is 0.333 e. The van der Waals surface area contributed by atoms with Crippen LogP contribution in [0.2, 0.25) is 0 Å². The minimum atomic E-state index is -2.19. The molecule has 3 atom stereocenters. The molecule has 1 heterocycles. The van der Waals surface area contributed by atoms with E-state index in [1.807, 2.05) is 11.8 Å². The van der Waals surface area contributed by atoms with Gasteiger partial charge in [-0.3, -0.25) is 19.0 Å². The maximum Gasteiger partial charge on any atom is 0.259 e. The second-order valence-corrected chi connectivity index (χ2v) is 7.91. The number of hydrogen-bond acceptors (Lipinski definition) is 3. The van der Waals surface area contributed by atoms with Gasteiger partial charge in [-0.05, 0) is 44.2 Å². The van der Waals surface area contributed by atoms with Crippen molar-refractivity contribution in [3.63, 3.8) is 0 Å². The molecule has 1 aliphatic heterocycles. The average molecular weight is 441 g/mol. The van der Waals surface area contributed by atoms with Crippen LogP contribution in [0.15, 0.2) is 36.4 Å². The van der Waals surface area contributed by atoms with E-state index in [-0.39, 0.29) is 17.5 Å². The molecule has 2 aromatic rings. The van der Waals surface area contributed by atoms with E-state index in [1.165, 1.54) is 18.2 Å². The van der Waals surface area contributed by atoms with E-state index in [0.29, 0.717) is 30.9 Å². The van der Waals surface area contributed by atoms with Crippen LogP contribution in [0.5, 0.6) is 0 Å². The molecule has 2 N–H and O–H groups in total. The van der Waals surface area contributed by atoms with Gasteiger partial charge in [-0.25, -0.2) is 17.4 Å². The first-order chi connectivity index (χ1) is 14.2. The molecule has 3 rings (SSSR count). The maximum absolute atomic E-state index is 14.2. The van der Waals surface area contributed by atoms with Gasteiger partial charge in [0.25, 0.3) is 17.2 Å². The van der Waals surface area contributed by atoms with Gasteiger partial charge in [-0.1, -0.05) is 6.07 Å². The zero-order valence-electron chi connectivity index (χ0n) is 16.4. The first-order valence-electron chi connectivity index (χ1n) is 9.35. The Labute approximate surface area is 175 Å². The lowest BCUT2D eigenvalue weighted by molar-refractivity contribution is 0.0401. The highest BCUT2D eigenvalue weighted by atomic mass is 32.2. The molecule has 2 aromatic carbocycles. The van der Waals surface area contributed by atoms with Crippen LogP contribution in [0.3, 0.4) is 0 Å². The van der Waals surface area contributed by atoms with Crippen molar-refractivity contribution in [2.75, 3.05) is 24.4 Å². The van der Waals surface area contributed by atoms with Crippen molar-refractivity contribution in [2.24, 2.45) is 0 Å². The zero-order valence-corrected chi connectivity index (χ0v) is 17.3. The monoisotopic (exact) mass is 441 g/mol. The number of benzene rings is 2. The van der Waals surface area contributed by atoms with Crippen LogP contribution < -0.4 is 4.72 Å². The van der Waals surface area contributed by atoms with Crippen molar-refractivity contribution in [3.05, 3.63) is 65.0 Å². The number of hydrogen-bond donors (Lipinski definition) is 2. The Bertz CT molecular complexity index is 958. The summed E-state index contributed by atoms with van der Waals surface area (Å²) in [7, 11) is 0. The topological polar surface area (TPSA) is 72.9 Å². The first kappa shape index (κ1) is 22.3. The highest BCUT2D eigenvalue weighted by Gasteiger charge is 2.32. The summed E-state index contributed by atoms with van der Waals surface area (Å²) in [5, 5.41) is 0. The molecule has 0 saturated carbocycles. The van der Waals surface area contributed by atoms with Crippen LogP contribution >= 0.6 is 0 Å². The van der Waals surface area contributed by atoms with Crippen molar-refractivity contribution in [3.8, 4) is 0 Å². The maximum atomic E-state index is 14.2. The van der Waals surface area contributed by atoms with E-state index in [1.54, 1.807) is 24.0 Å². The summed E-state index contributed by atoms with van der Waals surface area (Å²) in [5.41, 5.74) is 0.919. The molecule has 1 fully saturated rings. The number of anilines is 1. The quantitative estimate of drug-likeness (QED) is 0.550. The number of rotatable bonds is 5. The SMILES string of the molecule is CC(c1ccc(F)c(F)c1F)N1CCN(C(=O)c2ccc(NS(=O)O)cc2)[C@H](C)C1. The van der Waals surface area contributed by atoms with Crippen molar-refractivity contribution in [1.82, 2.24) is 9.80 Å². The van der Waals surface area contributed by atoms with Crippen LogP contribution in [0.1, 0.15) is 35.8 Å². The van der Waals surface area contributed by atoms with Gasteiger partial charge < -0.3 is 4.90 Å². The van der Waals surface area contributed by atoms with Crippen LogP contribution in [0, 0.1) is 17.5 Å². The Morgan fingerprint density at radius 2 is 1.80 bits per heavy atom. The van der Waals surface area contributed by atoms with Gasteiger partial charge in [0.2, 0.25) is 0 Å². The Balaban J connectivity index is 1.68. The summed E-state index contributed by atoms with van der Waals surface area (Å²) in [6.07, 6.45) is 0. The molecule has 2 unspecified atom stereocenters. The Morgan fingerprint density at radius 1 is 1.13 bits per heavy atom. The number of nitrogens with one attached hydrogen (secondary N) is 1. The normalized spacial score (nSPS) is 19.4. The van der Waals surface area contributed by atoms with Crippen LogP contribution in [-0.4, -0.2) is 50.1 Å². The molecule has 1 saturated heterocycles.